The summed E-state index contributed by atoms with van der Waals surface area (Å²) in [6, 6.07) is 12.4. The largest absolute Gasteiger partial charge is 0.497 e. The lowest BCUT2D eigenvalue weighted by Gasteiger charge is -2.21. The Morgan fingerprint density at radius 3 is 2.29 bits per heavy atom. The molecule has 2 rings (SSSR count). The van der Waals surface area contributed by atoms with E-state index in [4.69, 9.17) is 4.74 Å². The molecule has 0 bridgehead atoms. The predicted octanol–water partition coefficient (Wildman–Crippen LogP) is 2.67. The van der Waals surface area contributed by atoms with Crippen molar-refractivity contribution in [1.82, 2.24) is 0 Å². The second kappa shape index (κ2) is 6.38. The number of carboxylic acid groups (broad SMARTS) is 1. The highest BCUT2D eigenvalue weighted by atomic mass is 32.2. The third-order valence-corrected chi connectivity index (χ3v) is 3.54. The molecule has 2 aromatic carbocycles. The second-order valence-electron chi connectivity index (χ2n) is 4.05. The molecule has 0 spiro atoms. The van der Waals surface area contributed by atoms with E-state index in [0.717, 1.165) is 4.31 Å². The van der Waals surface area contributed by atoms with Gasteiger partial charge in [-0.15, -0.1) is 0 Å². The van der Waals surface area contributed by atoms with Crippen LogP contribution in [0.1, 0.15) is 10.4 Å². The third-order valence-electron chi connectivity index (χ3n) is 2.82. The smallest absolute Gasteiger partial charge is 0.337 e. The number of carboxylic acids is 1. The summed E-state index contributed by atoms with van der Waals surface area (Å²) in [5, 5.41) is 9.20. The summed E-state index contributed by atoms with van der Waals surface area (Å²) in [6.45, 7) is 0. The van der Waals surface area contributed by atoms with Gasteiger partial charge in [-0.25, -0.2) is 13.3 Å². The number of aromatic carboxylic acids is 1. The molecule has 0 aliphatic heterocycles. The number of anilines is 2. The molecule has 110 valence electrons. The van der Waals surface area contributed by atoms with Crippen LogP contribution in [0.3, 0.4) is 0 Å². The first-order valence-corrected chi connectivity index (χ1v) is 6.98. The maximum Gasteiger partial charge on any atom is 0.337 e. The highest BCUT2D eigenvalue weighted by Crippen LogP contribution is 2.31. The minimum atomic E-state index is -2.41. The molecule has 2 N–H and O–H groups in total. The van der Waals surface area contributed by atoms with Gasteiger partial charge < -0.3 is 9.84 Å². The Labute approximate surface area is 124 Å². The molecule has 0 fully saturated rings. The van der Waals surface area contributed by atoms with Gasteiger partial charge in [-0.2, -0.15) is 0 Å². The van der Waals surface area contributed by atoms with Crippen molar-refractivity contribution in [3.63, 3.8) is 0 Å². The van der Waals surface area contributed by atoms with E-state index in [0.29, 0.717) is 11.4 Å². The molecule has 0 radical (unpaired) electrons. The fraction of sp³-hybridized carbons (Fsp3) is 0.0714. The summed E-state index contributed by atoms with van der Waals surface area (Å²) >= 11 is -2.41. The number of ether oxygens (including phenoxy) is 1. The van der Waals surface area contributed by atoms with E-state index >= 15 is 0 Å². The van der Waals surface area contributed by atoms with E-state index in [-0.39, 0.29) is 11.3 Å². The Morgan fingerprint density at radius 1 is 1.14 bits per heavy atom. The van der Waals surface area contributed by atoms with Crippen molar-refractivity contribution in [2.75, 3.05) is 11.4 Å². The number of rotatable bonds is 5. The van der Waals surface area contributed by atoms with Gasteiger partial charge in [-0.3, -0.25) is 4.55 Å². The predicted molar refractivity (Wildman–Crippen MR) is 79.3 cm³/mol. The zero-order valence-electron chi connectivity index (χ0n) is 11.1. The third kappa shape index (κ3) is 3.21. The maximum absolute atomic E-state index is 11.6. The number of hydrogen-bond acceptors (Lipinski definition) is 3. The van der Waals surface area contributed by atoms with Crippen LogP contribution in [0.2, 0.25) is 0 Å². The van der Waals surface area contributed by atoms with E-state index < -0.39 is 17.2 Å². The molecule has 0 aromatic heterocycles. The van der Waals surface area contributed by atoms with E-state index in [9.17, 15) is 18.7 Å². The van der Waals surface area contributed by atoms with Crippen molar-refractivity contribution in [2.24, 2.45) is 0 Å². The molecule has 0 aliphatic carbocycles. The Kier molecular flexibility index (Phi) is 4.56. The van der Waals surface area contributed by atoms with E-state index in [1.54, 1.807) is 36.4 Å². The maximum atomic E-state index is 11.6. The van der Waals surface area contributed by atoms with E-state index in [1.807, 2.05) is 0 Å². The number of nitrogens with zero attached hydrogens (tertiary/aromatic N) is 1. The van der Waals surface area contributed by atoms with Crippen LogP contribution >= 0.6 is 0 Å². The number of para-hydroxylation sites is 1. The molecule has 0 amide bonds. The molecule has 21 heavy (non-hydrogen) atoms. The SMILES string of the molecule is COc1ccc(N(c2ccccc2C(=O)O)S(=O)O)cc1. The summed E-state index contributed by atoms with van der Waals surface area (Å²) in [4.78, 5) is 11.3. The van der Waals surface area contributed by atoms with Gasteiger partial charge in [0.25, 0.3) is 11.3 Å². The first kappa shape index (κ1) is 15.0. The van der Waals surface area contributed by atoms with Crippen molar-refractivity contribution in [2.45, 2.75) is 0 Å². The van der Waals surface area contributed by atoms with Crippen LogP contribution in [0, 0.1) is 0 Å². The topological polar surface area (TPSA) is 87.1 Å². The monoisotopic (exact) mass is 307 g/mol. The molecule has 0 aliphatic rings. The number of carbonyl (C=O) groups is 1. The van der Waals surface area contributed by atoms with Crippen molar-refractivity contribution >= 4 is 28.6 Å². The van der Waals surface area contributed by atoms with Crippen LogP contribution in [0.15, 0.2) is 48.5 Å². The van der Waals surface area contributed by atoms with Gasteiger partial charge in [0.15, 0.2) is 0 Å². The van der Waals surface area contributed by atoms with Gasteiger partial charge >= 0.3 is 5.97 Å². The van der Waals surface area contributed by atoms with Gasteiger partial charge in [0.05, 0.1) is 24.0 Å². The van der Waals surface area contributed by atoms with Crippen molar-refractivity contribution in [3.05, 3.63) is 54.1 Å². The van der Waals surface area contributed by atoms with Gasteiger partial charge in [0.1, 0.15) is 5.75 Å². The zero-order chi connectivity index (χ0) is 15.4. The van der Waals surface area contributed by atoms with Crippen LogP contribution < -0.4 is 9.04 Å². The highest BCUT2D eigenvalue weighted by molar-refractivity contribution is 7.81. The number of methoxy groups -OCH3 is 1. The molecular formula is C14H13NO5S. The van der Waals surface area contributed by atoms with E-state index in [1.165, 1.54) is 19.2 Å². The molecule has 1 atom stereocenters. The van der Waals surface area contributed by atoms with Crippen LogP contribution in [0.25, 0.3) is 0 Å². The Balaban J connectivity index is 2.53. The minimum absolute atomic E-state index is 0.0595. The number of benzene rings is 2. The molecule has 2 aromatic rings. The minimum Gasteiger partial charge on any atom is -0.497 e. The zero-order valence-corrected chi connectivity index (χ0v) is 11.9. The van der Waals surface area contributed by atoms with Crippen LogP contribution in [-0.4, -0.2) is 26.9 Å². The van der Waals surface area contributed by atoms with Gasteiger partial charge in [-0.1, -0.05) is 12.1 Å². The molecule has 6 nitrogen and oxygen atoms in total. The lowest BCUT2D eigenvalue weighted by atomic mass is 10.1. The summed E-state index contributed by atoms with van der Waals surface area (Å²) in [7, 11) is 1.51. The number of hydrogen-bond donors (Lipinski definition) is 2. The van der Waals surface area contributed by atoms with Gasteiger partial charge in [0.2, 0.25) is 0 Å². The fourth-order valence-electron chi connectivity index (χ4n) is 1.86. The second-order valence-corrected chi connectivity index (χ2v) is 4.87. The van der Waals surface area contributed by atoms with Crippen molar-refractivity contribution in [3.8, 4) is 5.75 Å². The van der Waals surface area contributed by atoms with Crippen molar-refractivity contribution in [1.29, 1.82) is 0 Å². The molecule has 0 saturated heterocycles. The first-order chi connectivity index (χ1) is 10.0. The Morgan fingerprint density at radius 2 is 1.76 bits per heavy atom. The molecule has 0 heterocycles. The summed E-state index contributed by atoms with van der Waals surface area (Å²) < 4.78 is 27.2. The molecule has 0 saturated carbocycles. The van der Waals surface area contributed by atoms with Gasteiger partial charge in [0, 0.05) is 0 Å². The van der Waals surface area contributed by atoms with Crippen LogP contribution in [-0.2, 0) is 11.3 Å². The van der Waals surface area contributed by atoms with Crippen molar-refractivity contribution < 1.29 is 23.4 Å². The lowest BCUT2D eigenvalue weighted by Crippen LogP contribution is -2.21. The quantitative estimate of drug-likeness (QED) is 0.829. The first-order valence-electron chi connectivity index (χ1n) is 5.92. The average Bonchev–Trinajstić information content (AvgIpc) is 2.48. The van der Waals surface area contributed by atoms with Crippen LogP contribution in [0.5, 0.6) is 5.75 Å². The Bertz CT molecular complexity index is 671. The van der Waals surface area contributed by atoms with E-state index in [2.05, 4.69) is 0 Å². The fourth-order valence-corrected chi connectivity index (χ4v) is 2.49. The molecule has 7 heteroatoms. The summed E-state index contributed by atoms with van der Waals surface area (Å²) in [5.74, 6) is -0.580. The summed E-state index contributed by atoms with van der Waals surface area (Å²) in [6.07, 6.45) is 0. The standard InChI is InChI=1S/C14H13NO5S/c1-20-11-8-6-10(7-9-11)15(21(18)19)13-5-3-2-4-12(13)14(16)17/h2-9H,1H3,(H,16,17)(H,18,19). The van der Waals surface area contributed by atoms with Gasteiger partial charge in [-0.05, 0) is 36.4 Å². The van der Waals surface area contributed by atoms with Crippen LogP contribution in [0.4, 0.5) is 11.4 Å². The average molecular weight is 307 g/mol. The summed E-state index contributed by atoms with van der Waals surface area (Å²) in [5.41, 5.74) is 0.456. The normalized spacial score (nSPS) is 11.7. The highest BCUT2D eigenvalue weighted by Gasteiger charge is 2.21. The Hall–Kier alpha value is -2.38. The molecule has 1 unspecified atom stereocenters. The lowest BCUT2D eigenvalue weighted by molar-refractivity contribution is 0.0698. The molecular weight excluding hydrogens is 294 g/mol.